The lowest BCUT2D eigenvalue weighted by Gasteiger charge is -2.21. The number of aromatic nitrogens is 2. The number of nitrogens with zero attached hydrogens (tertiary/aromatic N) is 3. The molecule has 4 rings (SSSR count). The highest BCUT2D eigenvalue weighted by atomic mass is 16.2. The van der Waals surface area contributed by atoms with Crippen LogP contribution < -0.4 is 5.73 Å². The first-order valence-electron chi connectivity index (χ1n) is 8.35. The van der Waals surface area contributed by atoms with Crippen molar-refractivity contribution in [2.75, 3.05) is 13.1 Å². The minimum Gasteiger partial charge on any atom is -0.364 e. The number of Topliss-reactive ketones (excluding diaryl/α,β-unsaturated/α-hetero) is 1. The van der Waals surface area contributed by atoms with Crippen molar-refractivity contribution in [1.82, 2.24) is 14.5 Å². The van der Waals surface area contributed by atoms with E-state index in [1.807, 2.05) is 4.57 Å². The Kier molecular flexibility index (Phi) is 3.63. The smallest absolute Gasteiger partial charge is 0.268 e. The van der Waals surface area contributed by atoms with Gasteiger partial charge in [0, 0.05) is 49.8 Å². The summed E-state index contributed by atoms with van der Waals surface area (Å²) in [7, 11) is 0. The van der Waals surface area contributed by atoms with Gasteiger partial charge in [-0.1, -0.05) is 12.1 Å². The fourth-order valence-electron chi connectivity index (χ4n) is 3.61. The van der Waals surface area contributed by atoms with Crippen LogP contribution in [0.4, 0.5) is 0 Å². The van der Waals surface area contributed by atoms with Crippen molar-refractivity contribution in [2.45, 2.75) is 25.8 Å². The summed E-state index contributed by atoms with van der Waals surface area (Å²) in [6.07, 6.45) is 3.32. The summed E-state index contributed by atoms with van der Waals surface area (Å²) in [6.45, 7) is 1.61. The third kappa shape index (κ3) is 2.61. The third-order valence-corrected chi connectivity index (χ3v) is 4.92. The van der Waals surface area contributed by atoms with Crippen molar-refractivity contribution < 1.29 is 14.4 Å². The van der Waals surface area contributed by atoms with Gasteiger partial charge in [0.05, 0.1) is 0 Å². The van der Waals surface area contributed by atoms with E-state index in [4.69, 9.17) is 5.73 Å². The van der Waals surface area contributed by atoms with Gasteiger partial charge in [-0.25, -0.2) is 4.98 Å². The van der Waals surface area contributed by atoms with Gasteiger partial charge in [0.25, 0.3) is 11.8 Å². The second-order valence-corrected chi connectivity index (χ2v) is 6.40. The molecule has 2 amide bonds. The number of imidazole rings is 1. The summed E-state index contributed by atoms with van der Waals surface area (Å²) in [5.41, 5.74) is 7.71. The Labute approximate surface area is 144 Å². The van der Waals surface area contributed by atoms with E-state index < -0.39 is 5.91 Å². The Bertz CT molecular complexity index is 874. The lowest BCUT2D eigenvalue weighted by molar-refractivity contribution is 0.0757. The Morgan fingerprint density at radius 1 is 1.08 bits per heavy atom. The first-order valence-corrected chi connectivity index (χ1v) is 8.35. The molecule has 25 heavy (non-hydrogen) atoms. The summed E-state index contributed by atoms with van der Waals surface area (Å²) in [6, 6.07) is 5.37. The van der Waals surface area contributed by atoms with Crippen LogP contribution in [0.1, 0.15) is 49.0 Å². The molecule has 2 aliphatic rings. The molecular weight excluding hydrogens is 320 g/mol. The van der Waals surface area contributed by atoms with Crippen molar-refractivity contribution >= 4 is 17.6 Å². The van der Waals surface area contributed by atoms with Gasteiger partial charge in [0.1, 0.15) is 11.5 Å². The second kappa shape index (κ2) is 5.84. The Morgan fingerprint density at radius 2 is 1.92 bits per heavy atom. The molecule has 0 atom stereocenters. The van der Waals surface area contributed by atoms with Crippen molar-refractivity contribution in [2.24, 2.45) is 5.73 Å². The molecule has 128 valence electrons. The van der Waals surface area contributed by atoms with Gasteiger partial charge in [-0.3, -0.25) is 14.4 Å². The van der Waals surface area contributed by atoms with Crippen LogP contribution in [-0.2, 0) is 19.4 Å². The summed E-state index contributed by atoms with van der Waals surface area (Å²) >= 11 is 0. The molecule has 1 aliphatic carbocycles. The van der Waals surface area contributed by atoms with Crippen molar-refractivity contribution in [3.63, 3.8) is 0 Å². The number of benzene rings is 1. The lowest BCUT2D eigenvalue weighted by atomic mass is 10.0. The lowest BCUT2D eigenvalue weighted by Crippen LogP contribution is -2.34. The number of primary amides is 1. The number of nitrogens with two attached hydrogens (primary N) is 1. The Hall–Kier alpha value is -2.96. The zero-order chi connectivity index (χ0) is 17.6. The topological polar surface area (TPSA) is 98.3 Å². The fraction of sp³-hybridized carbons (Fsp3) is 0.333. The van der Waals surface area contributed by atoms with Gasteiger partial charge in [0.2, 0.25) is 0 Å². The second-order valence-electron chi connectivity index (χ2n) is 6.40. The highest BCUT2D eigenvalue weighted by Crippen LogP contribution is 2.26. The molecule has 0 unspecified atom stereocenters. The maximum Gasteiger partial charge on any atom is 0.268 e. The average Bonchev–Trinajstić information content (AvgIpc) is 3.13. The molecule has 0 fully saturated rings. The number of rotatable bonds is 2. The van der Waals surface area contributed by atoms with E-state index in [0.29, 0.717) is 50.0 Å². The molecule has 0 saturated carbocycles. The van der Waals surface area contributed by atoms with Crippen LogP contribution in [0.15, 0.2) is 24.4 Å². The number of hydrogen-bond donors (Lipinski definition) is 1. The van der Waals surface area contributed by atoms with Crippen molar-refractivity contribution in [1.29, 1.82) is 0 Å². The minimum atomic E-state index is -0.543. The van der Waals surface area contributed by atoms with Crippen LogP contribution in [0.25, 0.3) is 0 Å². The van der Waals surface area contributed by atoms with Gasteiger partial charge < -0.3 is 15.2 Å². The van der Waals surface area contributed by atoms with Gasteiger partial charge in [-0.2, -0.15) is 0 Å². The van der Waals surface area contributed by atoms with E-state index in [-0.39, 0.29) is 17.4 Å². The molecule has 0 bridgehead atoms. The van der Waals surface area contributed by atoms with Crippen LogP contribution in [0.2, 0.25) is 0 Å². The monoisotopic (exact) mass is 338 g/mol. The molecule has 1 aliphatic heterocycles. The Morgan fingerprint density at radius 3 is 2.72 bits per heavy atom. The minimum absolute atomic E-state index is 0.0487. The molecule has 7 heteroatoms. The molecule has 0 radical (unpaired) electrons. The molecular formula is C18H18N4O3. The predicted molar refractivity (Wildman–Crippen MR) is 89.4 cm³/mol. The molecule has 7 nitrogen and oxygen atoms in total. The quantitative estimate of drug-likeness (QED) is 0.876. The first kappa shape index (κ1) is 15.6. The molecule has 2 aromatic rings. The van der Waals surface area contributed by atoms with Crippen molar-refractivity contribution in [3.05, 3.63) is 52.6 Å². The third-order valence-electron chi connectivity index (χ3n) is 4.92. The van der Waals surface area contributed by atoms with Crippen LogP contribution in [0.3, 0.4) is 0 Å². The number of hydrogen-bond acceptors (Lipinski definition) is 4. The van der Waals surface area contributed by atoms with Gasteiger partial charge in [-0.15, -0.1) is 0 Å². The fourth-order valence-corrected chi connectivity index (χ4v) is 3.61. The van der Waals surface area contributed by atoms with Gasteiger partial charge in [0.15, 0.2) is 5.78 Å². The van der Waals surface area contributed by atoms with E-state index >= 15 is 0 Å². The maximum absolute atomic E-state index is 13.0. The van der Waals surface area contributed by atoms with Gasteiger partial charge >= 0.3 is 0 Å². The van der Waals surface area contributed by atoms with Gasteiger partial charge in [-0.05, 0) is 18.1 Å². The van der Waals surface area contributed by atoms with Crippen LogP contribution in [-0.4, -0.2) is 45.1 Å². The highest BCUT2D eigenvalue weighted by molar-refractivity contribution is 6.05. The molecule has 1 aromatic carbocycles. The SMILES string of the molecule is NC(=O)c1cn2c(n1)CCN(C(=O)c1cccc3c1CCC3=O)CC2. The predicted octanol–water partition coefficient (Wildman–Crippen LogP) is 0.809. The highest BCUT2D eigenvalue weighted by Gasteiger charge is 2.28. The van der Waals surface area contributed by atoms with Crippen molar-refractivity contribution in [3.8, 4) is 0 Å². The van der Waals surface area contributed by atoms with E-state index in [1.165, 1.54) is 0 Å². The number of carbonyl (C=O) groups is 3. The maximum atomic E-state index is 13.0. The summed E-state index contributed by atoms with van der Waals surface area (Å²) in [5, 5.41) is 0. The number of amides is 2. The van der Waals surface area contributed by atoms with E-state index in [1.54, 1.807) is 29.3 Å². The summed E-state index contributed by atoms with van der Waals surface area (Å²) in [4.78, 5) is 42.2. The van der Waals surface area contributed by atoms with E-state index in [9.17, 15) is 14.4 Å². The zero-order valence-electron chi connectivity index (χ0n) is 13.7. The molecule has 0 saturated heterocycles. The largest absolute Gasteiger partial charge is 0.364 e. The number of fused-ring (bicyclic) bond motifs is 2. The zero-order valence-corrected chi connectivity index (χ0v) is 13.7. The standard InChI is InChI=1S/C18H18N4O3/c19-17(24)14-10-22-9-8-21(7-6-16(22)20-14)18(25)13-3-1-2-12-11(13)4-5-15(12)23/h1-3,10H,4-9H2,(H2,19,24). The Balaban J connectivity index is 1.56. The molecule has 2 heterocycles. The van der Waals surface area contributed by atoms with E-state index in [2.05, 4.69) is 4.98 Å². The number of ketones is 1. The molecule has 2 N–H and O–H groups in total. The normalized spacial score (nSPS) is 16.3. The molecule has 1 aromatic heterocycles. The summed E-state index contributed by atoms with van der Waals surface area (Å²) < 4.78 is 1.88. The average molecular weight is 338 g/mol. The summed E-state index contributed by atoms with van der Waals surface area (Å²) in [5.74, 6) is 0.280. The number of carbonyl (C=O) groups excluding carboxylic acids is 3. The first-order chi connectivity index (χ1) is 12.0. The molecule has 0 spiro atoms. The van der Waals surface area contributed by atoms with E-state index in [0.717, 1.165) is 11.4 Å². The van der Waals surface area contributed by atoms with Crippen LogP contribution in [0, 0.1) is 0 Å². The van der Waals surface area contributed by atoms with Crippen LogP contribution >= 0.6 is 0 Å². The van der Waals surface area contributed by atoms with Crippen LogP contribution in [0.5, 0.6) is 0 Å².